The number of hydrogen-bond acceptors (Lipinski definition) is 4. The third-order valence-electron chi connectivity index (χ3n) is 3.10. The molecule has 0 amide bonds. The molecule has 0 bridgehead atoms. The highest BCUT2D eigenvalue weighted by Crippen LogP contribution is 2.16. The van der Waals surface area contributed by atoms with E-state index in [0.717, 1.165) is 5.52 Å². The Morgan fingerprint density at radius 3 is 2.90 bits per heavy atom. The first kappa shape index (κ1) is 10.9. The minimum Gasteiger partial charge on any atom is -0.269 e. The number of pyridine rings is 1. The van der Waals surface area contributed by atoms with Crippen molar-refractivity contribution in [2.45, 2.75) is 0 Å². The van der Waals surface area contributed by atoms with E-state index >= 15 is 0 Å². The molecule has 96 valence electrons. The van der Waals surface area contributed by atoms with E-state index in [4.69, 9.17) is 0 Å². The van der Waals surface area contributed by atoms with Crippen LogP contribution < -0.4 is 5.56 Å². The van der Waals surface area contributed by atoms with Gasteiger partial charge in [0.05, 0.1) is 17.4 Å². The topological polar surface area (TPSA) is 64.6 Å². The van der Waals surface area contributed by atoms with Crippen molar-refractivity contribution in [1.29, 1.82) is 0 Å². The van der Waals surface area contributed by atoms with E-state index in [0.29, 0.717) is 17.0 Å². The van der Waals surface area contributed by atoms with Crippen molar-refractivity contribution in [2.75, 3.05) is 0 Å². The predicted octanol–water partition coefficient (Wildman–Crippen LogP) is 1.40. The van der Waals surface area contributed by atoms with Crippen LogP contribution >= 0.6 is 0 Å². The van der Waals surface area contributed by atoms with Crippen LogP contribution in [0.15, 0.2) is 59.9 Å². The highest BCUT2D eigenvalue weighted by atomic mass is 16.1. The van der Waals surface area contributed by atoms with Crippen LogP contribution in [-0.2, 0) is 0 Å². The van der Waals surface area contributed by atoms with Crippen molar-refractivity contribution in [2.24, 2.45) is 0 Å². The van der Waals surface area contributed by atoms with Gasteiger partial charge in [0.25, 0.3) is 5.56 Å². The molecule has 0 aliphatic rings. The molecular formula is C14H9N5O. The highest BCUT2D eigenvalue weighted by Gasteiger charge is 2.08. The Balaban J connectivity index is 1.99. The van der Waals surface area contributed by atoms with Crippen LogP contribution in [0.2, 0.25) is 0 Å². The fraction of sp³-hybridized carbons (Fsp3) is 0. The summed E-state index contributed by atoms with van der Waals surface area (Å²) in [4.78, 5) is 20.6. The molecule has 4 rings (SSSR count). The van der Waals surface area contributed by atoms with E-state index in [1.165, 1.54) is 10.5 Å². The molecule has 4 aromatic rings. The van der Waals surface area contributed by atoms with Crippen LogP contribution in [0, 0.1) is 0 Å². The van der Waals surface area contributed by atoms with E-state index < -0.39 is 0 Å². The van der Waals surface area contributed by atoms with Crippen LogP contribution in [-0.4, -0.2) is 24.0 Å². The van der Waals surface area contributed by atoms with E-state index in [2.05, 4.69) is 15.1 Å². The number of nitrogens with zero attached hydrogens (tertiary/aromatic N) is 5. The predicted molar refractivity (Wildman–Crippen MR) is 73.4 cm³/mol. The average molecular weight is 263 g/mol. The van der Waals surface area contributed by atoms with Gasteiger partial charge in [0.2, 0.25) is 0 Å². The minimum atomic E-state index is -0.124. The third kappa shape index (κ3) is 1.58. The summed E-state index contributed by atoms with van der Waals surface area (Å²) in [5, 5.41) is 4.40. The third-order valence-corrected chi connectivity index (χ3v) is 3.10. The van der Waals surface area contributed by atoms with Crippen LogP contribution in [0.25, 0.3) is 22.6 Å². The quantitative estimate of drug-likeness (QED) is 0.521. The maximum absolute atomic E-state index is 12.1. The fourth-order valence-corrected chi connectivity index (χ4v) is 2.16. The highest BCUT2D eigenvalue weighted by molar-refractivity contribution is 5.63. The van der Waals surface area contributed by atoms with Crippen LogP contribution in [0.3, 0.4) is 0 Å². The molecule has 0 N–H and O–H groups in total. The molecule has 0 saturated carbocycles. The van der Waals surface area contributed by atoms with Gasteiger partial charge in [-0.1, -0.05) is 6.07 Å². The second kappa shape index (κ2) is 3.99. The summed E-state index contributed by atoms with van der Waals surface area (Å²) in [6.45, 7) is 0. The van der Waals surface area contributed by atoms with Gasteiger partial charge in [0.15, 0.2) is 0 Å². The molecule has 0 atom stereocenters. The zero-order valence-electron chi connectivity index (χ0n) is 10.3. The van der Waals surface area contributed by atoms with Crippen molar-refractivity contribution < 1.29 is 0 Å². The first-order valence-electron chi connectivity index (χ1n) is 6.09. The van der Waals surface area contributed by atoms with Gasteiger partial charge in [-0.2, -0.15) is 5.10 Å². The summed E-state index contributed by atoms with van der Waals surface area (Å²) in [5.74, 6) is 0. The summed E-state index contributed by atoms with van der Waals surface area (Å²) in [6, 6.07) is 8.78. The lowest BCUT2D eigenvalue weighted by atomic mass is 10.3. The molecule has 0 saturated heterocycles. The van der Waals surface area contributed by atoms with E-state index in [9.17, 15) is 4.79 Å². The Hall–Kier alpha value is -3.02. The Kier molecular flexibility index (Phi) is 2.17. The van der Waals surface area contributed by atoms with Crippen LogP contribution in [0.4, 0.5) is 0 Å². The molecule has 0 aliphatic heterocycles. The Labute approximate surface area is 113 Å². The second-order valence-corrected chi connectivity index (χ2v) is 4.38. The fourth-order valence-electron chi connectivity index (χ4n) is 2.16. The Morgan fingerprint density at radius 2 is 2.00 bits per heavy atom. The molecule has 0 aliphatic carbocycles. The summed E-state index contributed by atoms with van der Waals surface area (Å²) < 4.78 is 3.21. The molecule has 0 unspecified atom stereocenters. The lowest BCUT2D eigenvalue weighted by Gasteiger charge is -2.00. The summed E-state index contributed by atoms with van der Waals surface area (Å²) in [7, 11) is 0. The first-order valence-corrected chi connectivity index (χ1v) is 6.09. The number of aromatic nitrogens is 5. The summed E-state index contributed by atoms with van der Waals surface area (Å²) in [5.41, 5.74) is 2.55. The molecule has 4 heterocycles. The van der Waals surface area contributed by atoms with Crippen molar-refractivity contribution in [3.05, 3.63) is 65.5 Å². The Bertz CT molecular complexity index is 952. The zero-order valence-corrected chi connectivity index (χ0v) is 10.3. The maximum atomic E-state index is 12.1. The van der Waals surface area contributed by atoms with Gasteiger partial charge in [0.1, 0.15) is 11.3 Å². The monoisotopic (exact) mass is 263 g/mol. The largest absolute Gasteiger partial charge is 0.269 e. The SMILES string of the molecule is O=c1cc(-c2cc3cnccn3n2)nc2ccccn12. The molecule has 4 aromatic heterocycles. The second-order valence-electron chi connectivity index (χ2n) is 4.38. The van der Waals surface area contributed by atoms with Crippen LogP contribution in [0.5, 0.6) is 0 Å². The van der Waals surface area contributed by atoms with Crippen molar-refractivity contribution in [3.8, 4) is 11.4 Å². The molecule has 0 radical (unpaired) electrons. The van der Waals surface area contributed by atoms with Crippen molar-refractivity contribution in [3.63, 3.8) is 0 Å². The maximum Gasteiger partial charge on any atom is 0.258 e. The van der Waals surface area contributed by atoms with Crippen LogP contribution in [0.1, 0.15) is 0 Å². The first-order chi connectivity index (χ1) is 9.81. The van der Waals surface area contributed by atoms with Gasteiger partial charge in [-0.15, -0.1) is 0 Å². The molecule has 0 fully saturated rings. The van der Waals surface area contributed by atoms with E-state index in [-0.39, 0.29) is 5.56 Å². The molecule has 20 heavy (non-hydrogen) atoms. The number of hydrogen-bond donors (Lipinski definition) is 0. The van der Waals surface area contributed by atoms with Gasteiger partial charge in [-0.05, 0) is 18.2 Å². The molecular weight excluding hydrogens is 254 g/mol. The zero-order chi connectivity index (χ0) is 13.5. The van der Waals surface area contributed by atoms with Gasteiger partial charge in [0, 0.05) is 24.7 Å². The summed E-state index contributed by atoms with van der Waals surface area (Å²) >= 11 is 0. The number of rotatable bonds is 1. The smallest absolute Gasteiger partial charge is 0.258 e. The molecule has 6 heteroatoms. The molecule has 0 spiro atoms. The van der Waals surface area contributed by atoms with Crippen molar-refractivity contribution in [1.82, 2.24) is 24.0 Å². The lowest BCUT2D eigenvalue weighted by Crippen LogP contribution is -2.13. The Morgan fingerprint density at radius 1 is 1.05 bits per heavy atom. The lowest BCUT2D eigenvalue weighted by molar-refractivity contribution is 0.944. The van der Waals surface area contributed by atoms with Gasteiger partial charge >= 0.3 is 0 Å². The summed E-state index contributed by atoms with van der Waals surface area (Å²) in [6.07, 6.45) is 6.83. The van der Waals surface area contributed by atoms with E-state index in [1.54, 1.807) is 41.4 Å². The van der Waals surface area contributed by atoms with E-state index in [1.807, 2.05) is 12.1 Å². The normalized spacial score (nSPS) is 11.2. The van der Waals surface area contributed by atoms with Gasteiger partial charge in [-0.3, -0.25) is 14.2 Å². The molecule has 0 aromatic carbocycles. The van der Waals surface area contributed by atoms with Crippen molar-refractivity contribution >= 4 is 11.2 Å². The molecule has 6 nitrogen and oxygen atoms in total. The standard InChI is InChI=1S/C14H9N5O/c20-14-8-11(16-13-3-1-2-5-18(13)14)12-7-10-9-15-4-6-19(10)17-12/h1-9H. The minimum absolute atomic E-state index is 0.124. The average Bonchev–Trinajstić information content (AvgIpc) is 2.91. The van der Waals surface area contributed by atoms with Gasteiger partial charge in [-0.25, -0.2) is 9.50 Å². The van der Waals surface area contributed by atoms with Gasteiger partial charge < -0.3 is 0 Å². The number of fused-ring (bicyclic) bond motifs is 2.